The molecule has 1 fully saturated rings. The standard InChI is InChI=1S/C19H22FN5O/c1-12(26)18-7-16(20)5-6-17(18)19-22-13(2)23-25(19)11-15-8-21-24(10-15)9-14-3-4-14/h5-8,10,12,14,26H,3-4,9,11H2,1-2H3. The third kappa shape index (κ3) is 3.53. The van der Waals surface area contributed by atoms with Crippen LogP contribution >= 0.6 is 0 Å². The third-order valence-electron chi connectivity index (χ3n) is 4.64. The molecule has 1 aromatic carbocycles. The van der Waals surface area contributed by atoms with Gasteiger partial charge in [-0.25, -0.2) is 14.1 Å². The summed E-state index contributed by atoms with van der Waals surface area (Å²) in [6.07, 6.45) is 5.67. The van der Waals surface area contributed by atoms with E-state index in [1.807, 2.05) is 24.0 Å². The molecule has 2 heterocycles. The lowest BCUT2D eigenvalue weighted by molar-refractivity contribution is 0.199. The maximum Gasteiger partial charge on any atom is 0.159 e. The fourth-order valence-corrected chi connectivity index (χ4v) is 3.17. The number of hydrogen-bond donors (Lipinski definition) is 1. The summed E-state index contributed by atoms with van der Waals surface area (Å²) in [5, 5.41) is 18.9. The van der Waals surface area contributed by atoms with E-state index in [2.05, 4.69) is 15.2 Å². The Morgan fingerprint density at radius 3 is 2.88 bits per heavy atom. The third-order valence-corrected chi connectivity index (χ3v) is 4.64. The Balaban J connectivity index is 1.66. The maximum atomic E-state index is 13.6. The number of hydrogen-bond acceptors (Lipinski definition) is 4. The summed E-state index contributed by atoms with van der Waals surface area (Å²) < 4.78 is 17.4. The molecule has 1 saturated carbocycles. The van der Waals surface area contributed by atoms with Crippen molar-refractivity contribution in [3.05, 3.63) is 53.4 Å². The Hall–Kier alpha value is -2.54. The van der Waals surface area contributed by atoms with Crippen LogP contribution in [0.4, 0.5) is 4.39 Å². The molecule has 26 heavy (non-hydrogen) atoms. The first kappa shape index (κ1) is 16.9. The molecule has 0 spiro atoms. The molecule has 6 nitrogen and oxygen atoms in total. The summed E-state index contributed by atoms with van der Waals surface area (Å²) in [6.45, 7) is 4.93. The van der Waals surface area contributed by atoms with E-state index in [4.69, 9.17) is 0 Å². The highest BCUT2D eigenvalue weighted by Gasteiger charge is 2.22. The van der Waals surface area contributed by atoms with Crippen molar-refractivity contribution in [1.82, 2.24) is 24.5 Å². The summed E-state index contributed by atoms with van der Waals surface area (Å²) in [6, 6.07) is 4.37. The molecule has 1 atom stereocenters. The van der Waals surface area contributed by atoms with Crippen molar-refractivity contribution in [2.24, 2.45) is 5.92 Å². The van der Waals surface area contributed by atoms with Crippen molar-refractivity contribution in [2.45, 2.75) is 45.9 Å². The number of benzene rings is 1. The second-order valence-corrected chi connectivity index (χ2v) is 7.06. The quantitative estimate of drug-likeness (QED) is 0.738. The molecule has 0 bridgehead atoms. The van der Waals surface area contributed by atoms with E-state index in [9.17, 15) is 9.50 Å². The molecule has 0 aliphatic heterocycles. The van der Waals surface area contributed by atoms with E-state index in [-0.39, 0.29) is 5.82 Å². The first-order chi connectivity index (χ1) is 12.5. The highest BCUT2D eigenvalue weighted by atomic mass is 19.1. The molecule has 1 aliphatic rings. The summed E-state index contributed by atoms with van der Waals surface area (Å²) in [5.41, 5.74) is 2.23. The zero-order valence-electron chi connectivity index (χ0n) is 14.9. The van der Waals surface area contributed by atoms with Crippen molar-refractivity contribution in [2.75, 3.05) is 0 Å². The topological polar surface area (TPSA) is 68.8 Å². The molecular formula is C19H22FN5O. The molecule has 7 heteroatoms. The van der Waals surface area contributed by atoms with Crippen LogP contribution in [0.2, 0.25) is 0 Å². The van der Waals surface area contributed by atoms with Crippen LogP contribution in [0.5, 0.6) is 0 Å². The molecular weight excluding hydrogens is 333 g/mol. The second-order valence-electron chi connectivity index (χ2n) is 7.06. The minimum absolute atomic E-state index is 0.381. The molecule has 0 saturated heterocycles. The zero-order valence-corrected chi connectivity index (χ0v) is 14.9. The van der Waals surface area contributed by atoms with E-state index in [0.29, 0.717) is 29.3 Å². The number of rotatable bonds is 6. The predicted molar refractivity (Wildman–Crippen MR) is 94.8 cm³/mol. The lowest BCUT2D eigenvalue weighted by Crippen LogP contribution is -2.06. The lowest BCUT2D eigenvalue weighted by Gasteiger charge is -2.12. The summed E-state index contributed by atoms with van der Waals surface area (Å²) >= 11 is 0. The number of nitrogens with zero attached hydrogens (tertiary/aromatic N) is 5. The van der Waals surface area contributed by atoms with Gasteiger partial charge < -0.3 is 5.11 Å². The van der Waals surface area contributed by atoms with E-state index in [1.165, 1.54) is 25.0 Å². The van der Waals surface area contributed by atoms with Crippen molar-refractivity contribution >= 4 is 0 Å². The average Bonchev–Trinajstić information content (AvgIpc) is 3.18. The van der Waals surface area contributed by atoms with Crippen LogP contribution < -0.4 is 0 Å². The Bertz CT molecular complexity index is 926. The van der Waals surface area contributed by atoms with Gasteiger partial charge in [-0.3, -0.25) is 4.68 Å². The molecule has 2 aromatic heterocycles. The molecule has 1 unspecified atom stereocenters. The number of aliphatic hydroxyl groups excluding tert-OH is 1. The lowest BCUT2D eigenvalue weighted by atomic mass is 10.0. The SMILES string of the molecule is Cc1nc(-c2ccc(F)cc2C(C)O)n(Cc2cnn(CC3CC3)c2)n1. The van der Waals surface area contributed by atoms with E-state index in [0.717, 1.165) is 18.0 Å². The number of aliphatic hydroxyl groups is 1. The van der Waals surface area contributed by atoms with Gasteiger partial charge in [0.1, 0.15) is 11.6 Å². The van der Waals surface area contributed by atoms with Crippen LogP contribution in [0.15, 0.2) is 30.6 Å². The Labute approximate surface area is 151 Å². The largest absolute Gasteiger partial charge is 0.389 e. The van der Waals surface area contributed by atoms with E-state index in [1.54, 1.807) is 17.7 Å². The molecule has 4 rings (SSSR count). The zero-order chi connectivity index (χ0) is 18.3. The van der Waals surface area contributed by atoms with Gasteiger partial charge in [0, 0.05) is 23.9 Å². The first-order valence-electron chi connectivity index (χ1n) is 8.90. The van der Waals surface area contributed by atoms with Crippen molar-refractivity contribution < 1.29 is 9.50 Å². The van der Waals surface area contributed by atoms with Crippen LogP contribution in [-0.2, 0) is 13.1 Å². The average molecular weight is 355 g/mol. The molecule has 0 radical (unpaired) electrons. The smallest absolute Gasteiger partial charge is 0.159 e. The monoisotopic (exact) mass is 355 g/mol. The van der Waals surface area contributed by atoms with E-state index >= 15 is 0 Å². The van der Waals surface area contributed by atoms with Gasteiger partial charge in [0.05, 0.1) is 18.8 Å². The van der Waals surface area contributed by atoms with Crippen LogP contribution in [-0.4, -0.2) is 29.7 Å². The van der Waals surface area contributed by atoms with Crippen molar-refractivity contribution in [3.8, 4) is 11.4 Å². The van der Waals surface area contributed by atoms with Crippen molar-refractivity contribution in [3.63, 3.8) is 0 Å². The fourth-order valence-electron chi connectivity index (χ4n) is 3.17. The Kier molecular flexibility index (Phi) is 4.32. The number of aromatic nitrogens is 5. The minimum Gasteiger partial charge on any atom is -0.389 e. The van der Waals surface area contributed by atoms with Crippen LogP contribution in [0, 0.1) is 18.7 Å². The number of aryl methyl sites for hydroxylation is 1. The van der Waals surface area contributed by atoms with Crippen LogP contribution in [0.1, 0.15) is 42.8 Å². The first-order valence-corrected chi connectivity index (χ1v) is 8.90. The van der Waals surface area contributed by atoms with Gasteiger partial charge in [-0.15, -0.1) is 0 Å². The molecule has 1 aliphatic carbocycles. The van der Waals surface area contributed by atoms with Gasteiger partial charge in [-0.1, -0.05) is 0 Å². The molecule has 3 aromatic rings. The highest BCUT2D eigenvalue weighted by Crippen LogP contribution is 2.31. The van der Waals surface area contributed by atoms with Gasteiger partial charge in [0.25, 0.3) is 0 Å². The Morgan fingerprint density at radius 2 is 2.15 bits per heavy atom. The minimum atomic E-state index is -0.799. The number of halogens is 1. The maximum absolute atomic E-state index is 13.6. The van der Waals surface area contributed by atoms with Gasteiger partial charge in [-0.05, 0) is 56.4 Å². The van der Waals surface area contributed by atoms with Crippen molar-refractivity contribution in [1.29, 1.82) is 0 Å². The highest BCUT2D eigenvalue weighted by molar-refractivity contribution is 5.61. The van der Waals surface area contributed by atoms with Gasteiger partial charge in [-0.2, -0.15) is 10.2 Å². The van der Waals surface area contributed by atoms with Gasteiger partial charge in [0.15, 0.2) is 5.82 Å². The molecule has 0 amide bonds. The van der Waals surface area contributed by atoms with E-state index < -0.39 is 6.10 Å². The van der Waals surface area contributed by atoms with Gasteiger partial charge in [0.2, 0.25) is 0 Å². The van der Waals surface area contributed by atoms with Crippen LogP contribution in [0.3, 0.4) is 0 Å². The Morgan fingerprint density at radius 1 is 1.35 bits per heavy atom. The summed E-state index contributed by atoms with van der Waals surface area (Å²) in [7, 11) is 0. The summed E-state index contributed by atoms with van der Waals surface area (Å²) in [5.74, 6) is 1.63. The molecule has 136 valence electrons. The normalized spacial score (nSPS) is 15.4. The molecule has 1 N–H and O–H groups in total. The predicted octanol–water partition coefficient (Wildman–Crippen LogP) is 3.10. The van der Waals surface area contributed by atoms with Crippen LogP contribution in [0.25, 0.3) is 11.4 Å². The van der Waals surface area contributed by atoms with Gasteiger partial charge >= 0.3 is 0 Å². The fraction of sp³-hybridized carbons (Fsp3) is 0.421. The second kappa shape index (κ2) is 6.64. The summed E-state index contributed by atoms with van der Waals surface area (Å²) in [4.78, 5) is 4.51.